The number of aromatic amines is 1. The molecule has 1 atom stereocenters. The smallest absolute Gasteiger partial charge is 0.432 e. The number of nitrogens with one attached hydrogen (secondary N) is 2. The van der Waals surface area contributed by atoms with Gasteiger partial charge in [0.25, 0.3) is 0 Å². The first-order valence-electron chi connectivity index (χ1n) is 10.9. The number of ether oxygens (including phenoxy) is 1. The predicted molar refractivity (Wildman–Crippen MR) is 123 cm³/mol. The second-order valence-electron chi connectivity index (χ2n) is 8.22. The van der Waals surface area contributed by atoms with E-state index >= 15 is 0 Å². The predicted octanol–water partition coefficient (Wildman–Crippen LogP) is 2.87. The standard InChI is InChI=1S/C24H24F3N5O3/c1-31-8-6-16(14-31)2-5-22(34)29-19-12-17(23-28-13-21(30-23)24(25,26)27)3-4-20(19)35-11-10-32-9-7-18(33)15-32/h3-4,6,8,12-14,18,33H,7,9-11,15H2,1H3,(H,28,30)(H,29,34). The maximum atomic E-state index is 13.0. The van der Waals surface area contributed by atoms with Gasteiger partial charge in [-0.15, -0.1) is 0 Å². The molecule has 1 aliphatic heterocycles. The molecule has 0 bridgehead atoms. The van der Waals surface area contributed by atoms with Gasteiger partial charge in [0.2, 0.25) is 0 Å². The summed E-state index contributed by atoms with van der Waals surface area (Å²) in [4.78, 5) is 20.6. The van der Waals surface area contributed by atoms with Gasteiger partial charge in [-0.25, -0.2) is 4.98 Å². The summed E-state index contributed by atoms with van der Waals surface area (Å²) in [6.07, 6.45) is 0.0890. The molecule has 2 aromatic heterocycles. The van der Waals surface area contributed by atoms with Crippen LogP contribution in [0.25, 0.3) is 11.4 Å². The molecule has 8 nitrogen and oxygen atoms in total. The molecule has 3 aromatic rings. The van der Waals surface area contributed by atoms with E-state index in [9.17, 15) is 23.1 Å². The Morgan fingerprint density at radius 1 is 1.37 bits per heavy atom. The number of amides is 1. The zero-order valence-corrected chi connectivity index (χ0v) is 18.9. The molecule has 1 aromatic carbocycles. The molecule has 184 valence electrons. The summed E-state index contributed by atoms with van der Waals surface area (Å²) in [6, 6.07) is 6.36. The zero-order chi connectivity index (χ0) is 25.0. The first kappa shape index (κ1) is 24.4. The van der Waals surface area contributed by atoms with Crippen molar-refractivity contribution in [2.75, 3.05) is 31.6 Å². The normalized spacial score (nSPS) is 16.1. The minimum atomic E-state index is -4.55. The quantitative estimate of drug-likeness (QED) is 0.465. The molecule has 4 rings (SSSR count). The van der Waals surface area contributed by atoms with E-state index in [2.05, 4.69) is 32.0 Å². The van der Waals surface area contributed by atoms with Gasteiger partial charge in [0.05, 0.1) is 18.0 Å². The van der Waals surface area contributed by atoms with Crippen molar-refractivity contribution in [2.24, 2.45) is 7.05 Å². The molecule has 1 unspecified atom stereocenters. The second-order valence-corrected chi connectivity index (χ2v) is 8.22. The third kappa shape index (κ3) is 6.44. The topological polar surface area (TPSA) is 95.4 Å². The van der Waals surface area contributed by atoms with E-state index in [0.29, 0.717) is 49.2 Å². The number of benzene rings is 1. The number of likely N-dealkylation sites (tertiary alicyclic amines) is 1. The van der Waals surface area contributed by atoms with E-state index in [1.807, 2.05) is 7.05 Å². The Kier molecular flexibility index (Phi) is 7.14. The number of hydrogen-bond acceptors (Lipinski definition) is 5. The summed E-state index contributed by atoms with van der Waals surface area (Å²) in [7, 11) is 1.84. The largest absolute Gasteiger partial charge is 0.490 e. The monoisotopic (exact) mass is 487 g/mol. The third-order valence-corrected chi connectivity index (χ3v) is 5.45. The molecule has 0 aliphatic carbocycles. The summed E-state index contributed by atoms with van der Waals surface area (Å²) in [5, 5.41) is 12.3. The third-order valence-electron chi connectivity index (χ3n) is 5.45. The fourth-order valence-corrected chi connectivity index (χ4v) is 3.67. The Labute approximate surface area is 199 Å². The molecule has 35 heavy (non-hydrogen) atoms. The lowest BCUT2D eigenvalue weighted by Crippen LogP contribution is -2.27. The SMILES string of the molecule is Cn1ccc(C#CC(=O)Nc2cc(-c3ncc(C(F)(F)F)[nH]3)ccc2OCCN2CCC(O)C2)c1. The van der Waals surface area contributed by atoms with Crippen molar-refractivity contribution in [1.29, 1.82) is 0 Å². The van der Waals surface area contributed by atoms with Crippen molar-refractivity contribution < 1.29 is 27.8 Å². The van der Waals surface area contributed by atoms with Crippen LogP contribution in [-0.2, 0) is 18.0 Å². The highest BCUT2D eigenvalue weighted by Crippen LogP contribution is 2.33. The Hall–Kier alpha value is -3.75. The summed E-state index contributed by atoms with van der Waals surface area (Å²) in [5.41, 5.74) is 0.277. The van der Waals surface area contributed by atoms with E-state index in [1.54, 1.807) is 35.2 Å². The number of aliphatic hydroxyl groups excluding tert-OH is 1. The van der Waals surface area contributed by atoms with Crippen LogP contribution in [-0.4, -0.2) is 62.8 Å². The maximum absolute atomic E-state index is 13.0. The number of halogens is 3. The van der Waals surface area contributed by atoms with Gasteiger partial charge in [0.1, 0.15) is 23.9 Å². The molecule has 3 heterocycles. The average molecular weight is 487 g/mol. The van der Waals surface area contributed by atoms with Crippen LogP contribution in [0.5, 0.6) is 5.75 Å². The van der Waals surface area contributed by atoms with Crippen molar-refractivity contribution in [3.05, 3.63) is 54.1 Å². The number of aliphatic hydroxyl groups is 1. The Balaban J connectivity index is 1.53. The van der Waals surface area contributed by atoms with Crippen LogP contribution in [0.15, 0.2) is 42.9 Å². The van der Waals surface area contributed by atoms with Crippen LogP contribution in [0.1, 0.15) is 17.7 Å². The van der Waals surface area contributed by atoms with Crippen LogP contribution in [0, 0.1) is 11.8 Å². The lowest BCUT2D eigenvalue weighted by Gasteiger charge is -2.17. The molecule has 3 N–H and O–H groups in total. The molecular formula is C24H24F3N5O3. The van der Waals surface area contributed by atoms with Crippen LogP contribution in [0.2, 0.25) is 0 Å². The number of anilines is 1. The van der Waals surface area contributed by atoms with Gasteiger partial charge in [0, 0.05) is 56.1 Å². The zero-order valence-electron chi connectivity index (χ0n) is 18.9. The van der Waals surface area contributed by atoms with Crippen molar-refractivity contribution in [2.45, 2.75) is 18.7 Å². The van der Waals surface area contributed by atoms with E-state index in [-0.39, 0.29) is 17.6 Å². The van der Waals surface area contributed by atoms with Gasteiger partial charge in [0.15, 0.2) is 0 Å². The van der Waals surface area contributed by atoms with Gasteiger partial charge in [-0.1, -0.05) is 5.92 Å². The van der Waals surface area contributed by atoms with E-state index in [1.165, 1.54) is 6.07 Å². The summed E-state index contributed by atoms with van der Waals surface area (Å²) in [6.45, 7) is 2.21. The summed E-state index contributed by atoms with van der Waals surface area (Å²) < 4.78 is 46.5. The second kappa shape index (κ2) is 10.2. The minimum Gasteiger partial charge on any atom is -0.490 e. The molecule has 0 spiro atoms. The molecule has 1 amide bonds. The first-order chi connectivity index (χ1) is 16.7. The number of carbonyl (C=O) groups excluding carboxylic acids is 1. The van der Waals surface area contributed by atoms with E-state index in [4.69, 9.17) is 4.74 Å². The van der Waals surface area contributed by atoms with Crippen LogP contribution >= 0.6 is 0 Å². The number of nitrogens with zero attached hydrogens (tertiary/aromatic N) is 3. The number of aryl methyl sites for hydroxylation is 1. The first-order valence-corrected chi connectivity index (χ1v) is 10.9. The number of β-amino-alcohol motifs (C(OH)–C–C–N with tert-alkyl or cyclic N) is 1. The number of rotatable bonds is 6. The van der Waals surface area contributed by atoms with Crippen molar-refractivity contribution in [1.82, 2.24) is 19.4 Å². The number of imidazole rings is 1. The van der Waals surface area contributed by atoms with Crippen LogP contribution in [0.4, 0.5) is 18.9 Å². The average Bonchev–Trinajstić information content (AvgIpc) is 3.54. The molecule has 1 fully saturated rings. The Morgan fingerprint density at radius 2 is 2.20 bits per heavy atom. The number of alkyl halides is 3. The van der Waals surface area contributed by atoms with Crippen LogP contribution in [0.3, 0.4) is 0 Å². The van der Waals surface area contributed by atoms with Gasteiger partial charge >= 0.3 is 12.1 Å². The maximum Gasteiger partial charge on any atom is 0.432 e. The van der Waals surface area contributed by atoms with Gasteiger partial charge < -0.3 is 24.7 Å². The molecule has 0 radical (unpaired) electrons. The molecule has 1 saturated heterocycles. The Morgan fingerprint density at radius 3 is 2.86 bits per heavy atom. The van der Waals surface area contributed by atoms with Crippen LogP contribution < -0.4 is 10.1 Å². The van der Waals surface area contributed by atoms with Gasteiger partial charge in [-0.3, -0.25) is 9.69 Å². The lowest BCUT2D eigenvalue weighted by atomic mass is 10.1. The number of aromatic nitrogens is 3. The fraction of sp³-hybridized carbons (Fsp3) is 0.333. The van der Waals surface area contributed by atoms with Gasteiger partial charge in [-0.05, 0) is 30.7 Å². The fourth-order valence-electron chi connectivity index (χ4n) is 3.67. The van der Waals surface area contributed by atoms with Crippen molar-refractivity contribution >= 4 is 11.6 Å². The number of hydrogen-bond donors (Lipinski definition) is 3. The summed E-state index contributed by atoms with van der Waals surface area (Å²) in [5.74, 6) is 4.99. The molecular weight excluding hydrogens is 463 g/mol. The molecule has 1 aliphatic rings. The highest BCUT2D eigenvalue weighted by Gasteiger charge is 2.33. The highest BCUT2D eigenvalue weighted by atomic mass is 19.4. The number of H-pyrrole nitrogens is 1. The number of carbonyl (C=O) groups is 1. The van der Waals surface area contributed by atoms with Crippen molar-refractivity contribution in [3.8, 4) is 29.0 Å². The highest BCUT2D eigenvalue weighted by molar-refractivity contribution is 6.05. The minimum absolute atomic E-state index is 0.000739. The van der Waals surface area contributed by atoms with E-state index < -0.39 is 17.8 Å². The van der Waals surface area contributed by atoms with E-state index in [0.717, 1.165) is 6.54 Å². The Bertz CT molecular complexity index is 1260. The van der Waals surface area contributed by atoms with Crippen molar-refractivity contribution in [3.63, 3.8) is 0 Å². The van der Waals surface area contributed by atoms with Gasteiger partial charge in [-0.2, -0.15) is 13.2 Å². The summed E-state index contributed by atoms with van der Waals surface area (Å²) >= 11 is 0. The molecule has 0 saturated carbocycles. The molecule has 11 heteroatoms. The lowest BCUT2D eigenvalue weighted by molar-refractivity contribution is -0.140.